The van der Waals surface area contributed by atoms with Crippen molar-refractivity contribution in [2.45, 2.75) is 12.5 Å². The van der Waals surface area contributed by atoms with Gasteiger partial charge < -0.3 is 15.7 Å². The maximum atomic E-state index is 12.8. The Bertz CT molecular complexity index is 393. The molecule has 3 N–H and O–H groups in total. The minimum atomic E-state index is -0.332. The van der Waals surface area contributed by atoms with Crippen LogP contribution in [0.5, 0.6) is 0 Å². The molecule has 1 aliphatic rings. The third-order valence-corrected chi connectivity index (χ3v) is 3.77. The van der Waals surface area contributed by atoms with Crippen molar-refractivity contribution in [3.05, 3.63) is 29.8 Å². The number of piperazine rings is 1. The molecule has 1 aromatic rings. The SMILES string of the molecule is NC(CCN1CCN(CCO)CC1)c1ccc(F)cn1. The topological polar surface area (TPSA) is 65.6 Å². The first-order chi connectivity index (χ1) is 9.69. The number of nitrogens with zero attached hydrogens (tertiary/aromatic N) is 3. The molecule has 1 aromatic heterocycles. The van der Waals surface area contributed by atoms with E-state index in [9.17, 15) is 4.39 Å². The molecule has 0 saturated carbocycles. The van der Waals surface area contributed by atoms with Crippen LogP contribution in [0, 0.1) is 5.82 Å². The number of β-amino-alcohol motifs (C(OH)–C–C–N with tert-alkyl or cyclic N) is 1. The van der Waals surface area contributed by atoms with Gasteiger partial charge in [0.1, 0.15) is 5.82 Å². The van der Waals surface area contributed by atoms with Gasteiger partial charge in [0, 0.05) is 45.3 Å². The van der Waals surface area contributed by atoms with Gasteiger partial charge in [0.05, 0.1) is 18.5 Å². The maximum Gasteiger partial charge on any atom is 0.141 e. The van der Waals surface area contributed by atoms with Crippen LogP contribution >= 0.6 is 0 Å². The standard InChI is InChI=1S/C14H23FN4O/c15-12-1-2-14(17-11-12)13(16)3-4-18-5-7-19(8-6-18)9-10-20/h1-2,11,13,20H,3-10,16H2. The van der Waals surface area contributed by atoms with E-state index in [1.54, 1.807) is 6.07 Å². The minimum Gasteiger partial charge on any atom is -0.395 e. The summed E-state index contributed by atoms with van der Waals surface area (Å²) in [6.07, 6.45) is 2.03. The lowest BCUT2D eigenvalue weighted by molar-refractivity contribution is 0.110. The van der Waals surface area contributed by atoms with E-state index >= 15 is 0 Å². The lowest BCUT2D eigenvalue weighted by Gasteiger charge is -2.34. The third-order valence-electron chi connectivity index (χ3n) is 3.77. The smallest absolute Gasteiger partial charge is 0.141 e. The molecule has 1 aliphatic heterocycles. The molecule has 112 valence electrons. The van der Waals surface area contributed by atoms with Gasteiger partial charge in [-0.2, -0.15) is 0 Å². The highest BCUT2D eigenvalue weighted by atomic mass is 19.1. The number of rotatable bonds is 6. The molecule has 0 amide bonds. The fourth-order valence-electron chi connectivity index (χ4n) is 2.45. The quantitative estimate of drug-likeness (QED) is 0.781. The van der Waals surface area contributed by atoms with Crippen molar-refractivity contribution in [2.24, 2.45) is 5.73 Å². The third kappa shape index (κ3) is 4.49. The van der Waals surface area contributed by atoms with Crippen LogP contribution in [0.3, 0.4) is 0 Å². The van der Waals surface area contributed by atoms with Gasteiger partial charge in [0.2, 0.25) is 0 Å². The van der Waals surface area contributed by atoms with Gasteiger partial charge in [-0.3, -0.25) is 9.88 Å². The first-order valence-electron chi connectivity index (χ1n) is 7.11. The first kappa shape index (κ1) is 15.3. The van der Waals surface area contributed by atoms with Crippen molar-refractivity contribution in [2.75, 3.05) is 45.9 Å². The van der Waals surface area contributed by atoms with Crippen LogP contribution in [-0.2, 0) is 0 Å². The highest BCUT2D eigenvalue weighted by Gasteiger charge is 2.17. The normalized spacial score (nSPS) is 19.1. The summed E-state index contributed by atoms with van der Waals surface area (Å²) >= 11 is 0. The highest BCUT2D eigenvalue weighted by Crippen LogP contribution is 2.13. The van der Waals surface area contributed by atoms with Crippen LogP contribution in [0.25, 0.3) is 0 Å². The Morgan fingerprint density at radius 3 is 2.40 bits per heavy atom. The number of hydrogen-bond acceptors (Lipinski definition) is 5. The predicted octanol–water partition coefficient (Wildman–Crippen LogP) is 0.221. The zero-order chi connectivity index (χ0) is 14.4. The number of aliphatic hydroxyl groups excluding tert-OH is 1. The number of nitrogens with two attached hydrogens (primary N) is 1. The van der Waals surface area contributed by atoms with Crippen LogP contribution in [0.15, 0.2) is 18.3 Å². The van der Waals surface area contributed by atoms with Gasteiger partial charge in [-0.1, -0.05) is 0 Å². The van der Waals surface area contributed by atoms with Crippen LogP contribution < -0.4 is 5.73 Å². The molecule has 0 aliphatic carbocycles. The predicted molar refractivity (Wildman–Crippen MR) is 75.7 cm³/mol. The summed E-state index contributed by atoms with van der Waals surface area (Å²) in [5, 5.41) is 8.90. The van der Waals surface area contributed by atoms with E-state index in [-0.39, 0.29) is 18.5 Å². The molecule has 1 atom stereocenters. The van der Waals surface area contributed by atoms with Gasteiger partial charge in [0.25, 0.3) is 0 Å². The molecule has 2 rings (SSSR count). The highest BCUT2D eigenvalue weighted by molar-refractivity contribution is 5.09. The van der Waals surface area contributed by atoms with E-state index in [4.69, 9.17) is 10.8 Å². The lowest BCUT2D eigenvalue weighted by Crippen LogP contribution is -2.47. The monoisotopic (exact) mass is 282 g/mol. The zero-order valence-electron chi connectivity index (χ0n) is 11.7. The van der Waals surface area contributed by atoms with Crippen LogP contribution in [0.1, 0.15) is 18.2 Å². The summed E-state index contributed by atoms with van der Waals surface area (Å²) in [4.78, 5) is 8.66. The maximum absolute atomic E-state index is 12.8. The van der Waals surface area contributed by atoms with Gasteiger partial charge in [-0.15, -0.1) is 0 Å². The summed E-state index contributed by atoms with van der Waals surface area (Å²) in [5.41, 5.74) is 6.82. The van der Waals surface area contributed by atoms with E-state index in [0.29, 0.717) is 0 Å². The Balaban J connectivity index is 1.71. The Morgan fingerprint density at radius 1 is 1.20 bits per heavy atom. The summed E-state index contributed by atoms with van der Waals surface area (Å²) in [7, 11) is 0. The Kier molecular flexibility index (Phi) is 5.85. The summed E-state index contributed by atoms with van der Waals surface area (Å²) in [6.45, 7) is 5.89. The molecule has 0 aromatic carbocycles. The molecular formula is C14H23FN4O. The molecule has 0 spiro atoms. The number of hydrogen-bond donors (Lipinski definition) is 2. The number of halogens is 1. The van der Waals surface area contributed by atoms with E-state index in [0.717, 1.165) is 51.4 Å². The Morgan fingerprint density at radius 2 is 1.85 bits per heavy atom. The van der Waals surface area contributed by atoms with Crippen molar-refractivity contribution >= 4 is 0 Å². The minimum absolute atomic E-state index is 0.147. The summed E-state index contributed by atoms with van der Waals surface area (Å²) in [5.74, 6) is -0.332. The van der Waals surface area contributed by atoms with Crippen LogP contribution in [0.2, 0.25) is 0 Å². The van der Waals surface area contributed by atoms with Crippen molar-refractivity contribution in [1.29, 1.82) is 0 Å². The van der Waals surface area contributed by atoms with Crippen molar-refractivity contribution in [3.8, 4) is 0 Å². The van der Waals surface area contributed by atoms with E-state index in [1.807, 2.05) is 0 Å². The molecule has 20 heavy (non-hydrogen) atoms. The summed E-state index contributed by atoms with van der Waals surface area (Å²) < 4.78 is 12.8. The second kappa shape index (κ2) is 7.64. The van der Waals surface area contributed by atoms with Crippen LogP contribution in [0.4, 0.5) is 4.39 Å². The number of aliphatic hydroxyl groups is 1. The Hall–Kier alpha value is -1.08. The molecule has 5 nitrogen and oxygen atoms in total. The molecule has 2 heterocycles. The molecule has 0 radical (unpaired) electrons. The van der Waals surface area contributed by atoms with Crippen molar-refractivity contribution in [3.63, 3.8) is 0 Å². The van der Waals surface area contributed by atoms with Crippen LogP contribution in [-0.4, -0.2) is 65.8 Å². The van der Waals surface area contributed by atoms with Crippen molar-refractivity contribution < 1.29 is 9.50 Å². The average molecular weight is 282 g/mol. The van der Waals surface area contributed by atoms with Gasteiger partial charge in [0.15, 0.2) is 0 Å². The second-order valence-electron chi connectivity index (χ2n) is 5.20. The van der Waals surface area contributed by atoms with E-state index in [2.05, 4.69) is 14.8 Å². The molecule has 6 heteroatoms. The Labute approximate surface area is 119 Å². The van der Waals surface area contributed by atoms with Gasteiger partial charge in [-0.05, 0) is 18.6 Å². The molecular weight excluding hydrogens is 259 g/mol. The first-order valence-corrected chi connectivity index (χ1v) is 7.11. The lowest BCUT2D eigenvalue weighted by atomic mass is 10.1. The molecule has 1 fully saturated rings. The summed E-state index contributed by atoms with van der Waals surface area (Å²) in [6, 6.07) is 2.90. The van der Waals surface area contributed by atoms with Gasteiger partial charge >= 0.3 is 0 Å². The van der Waals surface area contributed by atoms with E-state index in [1.165, 1.54) is 12.3 Å². The molecule has 0 bridgehead atoms. The second-order valence-corrected chi connectivity index (χ2v) is 5.20. The largest absolute Gasteiger partial charge is 0.395 e. The fraction of sp³-hybridized carbons (Fsp3) is 0.643. The van der Waals surface area contributed by atoms with E-state index < -0.39 is 0 Å². The zero-order valence-corrected chi connectivity index (χ0v) is 11.7. The van der Waals surface area contributed by atoms with Gasteiger partial charge in [-0.25, -0.2) is 4.39 Å². The fourth-order valence-corrected chi connectivity index (χ4v) is 2.45. The average Bonchev–Trinajstić information content (AvgIpc) is 2.47. The molecule has 1 saturated heterocycles. The molecule has 1 unspecified atom stereocenters. The number of pyridine rings is 1. The van der Waals surface area contributed by atoms with Crippen molar-refractivity contribution in [1.82, 2.24) is 14.8 Å². The number of aromatic nitrogens is 1.